The molecule has 0 heterocycles. The van der Waals surface area contributed by atoms with Gasteiger partial charge in [0.2, 0.25) is 0 Å². The summed E-state index contributed by atoms with van der Waals surface area (Å²) in [6.45, 7) is 1.63. The van der Waals surface area contributed by atoms with E-state index in [1.165, 1.54) is 0 Å². The summed E-state index contributed by atoms with van der Waals surface area (Å²) in [7, 11) is 1.58. The molecule has 2 nitrogen and oxygen atoms in total. The highest BCUT2D eigenvalue weighted by Gasteiger charge is 2.50. The van der Waals surface area contributed by atoms with Gasteiger partial charge in [-0.05, 0) is 25.8 Å². The molecular formula is C12H13ClO2. The van der Waals surface area contributed by atoms with Crippen LogP contribution in [0, 0.1) is 0 Å². The maximum Gasteiger partial charge on any atom is 0.141 e. The van der Waals surface area contributed by atoms with Gasteiger partial charge in [-0.1, -0.05) is 23.7 Å². The molecule has 0 amide bonds. The second-order valence-electron chi connectivity index (χ2n) is 3.96. The summed E-state index contributed by atoms with van der Waals surface area (Å²) in [4.78, 5) is 11.6. The van der Waals surface area contributed by atoms with Crippen molar-refractivity contribution in [2.75, 3.05) is 7.11 Å². The Balaban J connectivity index is 2.53. The summed E-state index contributed by atoms with van der Waals surface area (Å²) in [5, 5.41) is 0.572. The van der Waals surface area contributed by atoms with Gasteiger partial charge in [-0.3, -0.25) is 4.79 Å². The van der Waals surface area contributed by atoms with Crippen molar-refractivity contribution in [3.8, 4) is 5.75 Å². The molecule has 0 aromatic heterocycles. The number of halogens is 1. The second kappa shape index (κ2) is 3.53. The van der Waals surface area contributed by atoms with E-state index in [1.54, 1.807) is 20.1 Å². The van der Waals surface area contributed by atoms with E-state index in [1.807, 2.05) is 12.1 Å². The summed E-state index contributed by atoms with van der Waals surface area (Å²) < 4.78 is 5.27. The Morgan fingerprint density at radius 3 is 2.60 bits per heavy atom. The van der Waals surface area contributed by atoms with E-state index in [4.69, 9.17) is 16.3 Å². The lowest BCUT2D eigenvalue weighted by Gasteiger charge is -2.16. The molecule has 1 aromatic carbocycles. The Morgan fingerprint density at radius 1 is 1.47 bits per heavy atom. The fraction of sp³-hybridized carbons (Fsp3) is 0.417. The van der Waals surface area contributed by atoms with E-state index in [2.05, 4.69) is 0 Å². The molecule has 15 heavy (non-hydrogen) atoms. The SMILES string of the molecule is COc1c(Cl)cccc1C1(C(C)=O)CC1. The monoisotopic (exact) mass is 224 g/mol. The maximum absolute atomic E-state index is 11.6. The number of hydrogen-bond donors (Lipinski definition) is 0. The fourth-order valence-corrected chi connectivity index (χ4v) is 2.28. The molecule has 0 atom stereocenters. The highest BCUT2D eigenvalue weighted by molar-refractivity contribution is 6.32. The van der Waals surface area contributed by atoms with Crippen molar-refractivity contribution in [1.29, 1.82) is 0 Å². The predicted octanol–water partition coefficient (Wildman–Crippen LogP) is 2.97. The number of ketones is 1. The van der Waals surface area contributed by atoms with E-state index in [-0.39, 0.29) is 11.2 Å². The number of hydrogen-bond acceptors (Lipinski definition) is 2. The molecule has 1 aromatic rings. The average Bonchev–Trinajstić information content (AvgIpc) is 2.98. The molecule has 0 unspecified atom stereocenters. The molecule has 1 aliphatic carbocycles. The lowest BCUT2D eigenvalue weighted by Crippen LogP contribution is -2.17. The average molecular weight is 225 g/mol. The van der Waals surface area contributed by atoms with Crippen LogP contribution in [0.1, 0.15) is 25.3 Å². The first-order chi connectivity index (χ1) is 7.12. The zero-order valence-corrected chi connectivity index (χ0v) is 9.60. The fourth-order valence-electron chi connectivity index (χ4n) is 2.03. The predicted molar refractivity (Wildman–Crippen MR) is 59.6 cm³/mol. The van der Waals surface area contributed by atoms with Crippen molar-refractivity contribution < 1.29 is 9.53 Å². The van der Waals surface area contributed by atoms with E-state index in [9.17, 15) is 4.79 Å². The minimum absolute atomic E-state index is 0.197. The molecule has 80 valence electrons. The quantitative estimate of drug-likeness (QED) is 0.789. The van der Waals surface area contributed by atoms with Crippen LogP contribution in [0.4, 0.5) is 0 Å². The first-order valence-electron chi connectivity index (χ1n) is 4.96. The first kappa shape index (κ1) is 10.5. The highest BCUT2D eigenvalue weighted by atomic mass is 35.5. The molecule has 0 saturated heterocycles. The molecule has 2 rings (SSSR count). The van der Waals surface area contributed by atoms with Crippen molar-refractivity contribution in [2.24, 2.45) is 0 Å². The van der Waals surface area contributed by atoms with Gasteiger partial charge >= 0.3 is 0 Å². The summed E-state index contributed by atoms with van der Waals surface area (Å²) in [6.07, 6.45) is 1.80. The van der Waals surface area contributed by atoms with Gasteiger partial charge in [-0.15, -0.1) is 0 Å². The third-order valence-corrected chi connectivity index (χ3v) is 3.41. The lowest BCUT2D eigenvalue weighted by molar-refractivity contribution is -0.119. The molecular weight excluding hydrogens is 212 g/mol. The largest absolute Gasteiger partial charge is 0.495 e. The number of carbonyl (C=O) groups is 1. The first-order valence-corrected chi connectivity index (χ1v) is 5.33. The lowest BCUT2D eigenvalue weighted by atomic mass is 9.91. The summed E-state index contributed by atoms with van der Waals surface area (Å²) in [5.41, 5.74) is 0.612. The normalized spacial score (nSPS) is 17.3. The van der Waals surface area contributed by atoms with Crippen LogP contribution in [-0.2, 0) is 10.2 Å². The van der Waals surface area contributed by atoms with Crippen LogP contribution in [0.5, 0.6) is 5.75 Å². The number of methoxy groups -OCH3 is 1. The van der Waals surface area contributed by atoms with Crippen LogP contribution in [0.2, 0.25) is 5.02 Å². The molecule has 0 spiro atoms. The Labute approximate surface area is 94.2 Å². The van der Waals surface area contributed by atoms with Gasteiger partial charge < -0.3 is 4.74 Å². The third-order valence-electron chi connectivity index (χ3n) is 3.11. The molecule has 1 saturated carbocycles. The molecule has 0 N–H and O–H groups in total. The Hall–Kier alpha value is -1.02. The Kier molecular flexibility index (Phi) is 2.47. The maximum atomic E-state index is 11.6. The minimum atomic E-state index is -0.323. The smallest absolute Gasteiger partial charge is 0.141 e. The van der Waals surface area contributed by atoms with Gasteiger partial charge in [-0.2, -0.15) is 0 Å². The molecule has 0 radical (unpaired) electrons. The number of ether oxygens (including phenoxy) is 1. The summed E-state index contributed by atoms with van der Waals surface area (Å²) in [5.74, 6) is 0.843. The number of rotatable bonds is 3. The van der Waals surface area contributed by atoms with Gasteiger partial charge in [-0.25, -0.2) is 0 Å². The van der Waals surface area contributed by atoms with Crippen LogP contribution >= 0.6 is 11.6 Å². The Morgan fingerprint density at radius 2 is 2.13 bits per heavy atom. The van der Waals surface area contributed by atoms with Crippen LogP contribution in [-0.4, -0.2) is 12.9 Å². The molecule has 1 fully saturated rings. The molecule has 1 aliphatic rings. The molecule has 3 heteroatoms. The zero-order valence-electron chi connectivity index (χ0n) is 8.84. The van der Waals surface area contributed by atoms with Gasteiger partial charge in [0.1, 0.15) is 11.5 Å². The van der Waals surface area contributed by atoms with E-state index >= 15 is 0 Å². The topological polar surface area (TPSA) is 26.3 Å². The summed E-state index contributed by atoms with van der Waals surface area (Å²) >= 11 is 6.03. The van der Waals surface area contributed by atoms with E-state index < -0.39 is 0 Å². The van der Waals surface area contributed by atoms with E-state index in [0.29, 0.717) is 10.8 Å². The van der Waals surface area contributed by atoms with Gasteiger partial charge in [0, 0.05) is 5.56 Å². The molecule has 0 bridgehead atoms. The summed E-state index contributed by atoms with van der Waals surface area (Å²) in [6, 6.07) is 5.57. The number of carbonyl (C=O) groups excluding carboxylic acids is 1. The third kappa shape index (κ3) is 1.53. The van der Waals surface area contributed by atoms with E-state index in [0.717, 1.165) is 18.4 Å². The highest BCUT2D eigenvalue weighted by Crippen LogP contribution is 2.53. The van der Waals surface area contributed by atoms with Crippen molar-refractivity contribution in [2.45, 2.75) is 25.2 Å². The van der Waals surface area contributed by atoms with Gasteiger partial charge in [0.25, 0.3) is 0 Å². The minimum Gasteiger partial charge on any atom is -0.495 e. The van der Waals surface area contributed by atoms with Crippen LogP contribution in [0.25, 0.3) is 0 Å². The number of para-hydroxylation sites is 1. The van der Waals surface area contributed by atoms with Gasteiger partial charge in [0.05, 0.1) is 17.5 Å². The number of Topliss-reactive ketones (excluding diaryl/α,β-unsaturated/α-hetero) is 1. The van der Waals surface area contributed by atoms with Crippen molar-refractivity contribution in [3.05, 3.63) is 28.8 Å². The molecule has 0 aliphatic heterocycles. The standard InChI is InChI=1S/C12H13ClO2/c1-8(14)12(6-7-12)9-4-3-5-10(13)11(9)15-2/h3-5H,6-7H2,1-2H3. The van der Waals surface area contributed by atoms with Crippen molar-refractivity contribution >= 4 is 17.4 Å². The Bertz CT molecular complexity index is 408. The van der Waals surface area contributed by atoms with Crippen LogP contribution in [0.3, 0.4) is 0 Å². The van der Waals surface area contributed by atoms with Gasteiger partial charge in [0.15, 0.2) is 0 Å². The zero-order chi connectivity index (χ0) is 11.1. The van der Waals surface area contributed by atoms with Crippen LogP contribution < -0.4 is 4.74 Å². The second-order valence-corrected chi connectivity index (χ2v) is 4.37. The van der Waals surface area contributed by atoms with Crippen LogP contribution in [0.15, 0.2) is 18.2 Å². The number of benzene rings is 1. The van der Waals surface area contributed by atoms with Crippen molar-refractivity contribution in [1.82, 2.24) is 0 Å². The van der Waals surface area contributed by atoms with Crippen molar-refractivity contribution in [3.63, 3.8) is 0 Å².